The summed E-state index contributed by atoms with van der Waals surface area (Å²) >= 11 is 0. The fraction of sp³-hybridized carbons (Fsp3) is 0.625. The van der Waals surface area contributed by atoms with Crippen molar-refractivity contribution in [2.24, 2.45) is 11.7 Å². The van der Waals surface area contributed by atoms with Crippen LogP contribution >= 0.6 is 0 Å². The Morgan fingerprint density at radius 2 is 2.00 bits per heavy atom. The maximum absolute atomic E-state index is 11.3. The number of aromatic nitrogens is 3. The van der Waals surface area contributed by atoms with Crippen molar-refractivity contribution in [1.29, 1.82) is 0 Å². The molecule has 2 aromatic heterocycles. The molecule has 132 valence electrons. The summed E-state index contributed by atoms with van der Waals surface area (Å²) in [6.45, 7) is 0. The first kappa shape index (κ1) is 17.2. The minimum Gasteiger partial charge on any atom is -0.343 e. The number of nitrogens with zero attached hydrogens (tertiary/aromatic N) is 3. The van der Waals surface area contributed by atoms with Gasteiger partial charge in [0.1, 0.15) is 9.84 Å². The molecule has 0 aromatic carbocycles. The van der Waals surface area contributed by atoms with Crippen molar-refractivity contribution in [2.45, 2.75) is 44.2 Å². The Balaban J connectivity index is 1.78. The average Bonchev–Trinajstić information content (AvgIpc) is 3.27. The van der Waals surface area contributed by atoms with E-state index in [-0.39, 0.29) is 18.2 Å². The summed E-state index contributed by atoms with van der Waals surface area (Å²) in [5.74, 6) is 1.43. The van der Waals surface area contributed by atoms with E-state index in [4.69, 9.17) is 10.3 Å². The topological polar surface area (TPSA) is 104 Å². The van der Waals surface area contributed by atoms with Crippen molar-refractivity contribution < 1.29 is 12.9 Å². The van der Waals surface area contributed by atoms with Crippen LogP contribution in [-0.4, -0.2) is 35.1 Å². The normalized spacial score (nSPS) is 18.8. The standard InChI is InChI=1S/C16H24N4O3S/c1-24(21,22)11-8-13(17)16-18-15(19-23-16)14(12-6-2-3-7-12)20-9-4-5-10-20/h4-5,9-10,12-14H,2-3,6-8,11,17H2,1H3/t13-,14+/m1/s1. The van der Waals surface area contributed by atoms with Gasteiger partial charge in [-0.2, -0.15) is 4.98 Å². The first-order valence-electron chi connectivity index (χ1n) is 8.33. The zero-order valence-electron chi connectivity index (χ0n) is 13.8. The van der Waals surface area contributed by atoms with E-state index in [2.05, 4.69) is 14.7 Å². The fourth-order valence-electron chi connectivity index (χ4n) is 3.38. The minimum absolute atomic E-state index is 0.00946. The van der Waals surface area contributed by atoms with Gasteiger partial charge in [0, 0.05) is 18.6 Å². The summed E-state index contributed by atoms with van der Waals surface area (Å²) in [5, 5.41) is 4.15. The number of hydrogen-bond acceptors (Lipinski definition) is 6. The van der Waals surface area contributed by atoms with Crippen molar-refractivity contribution in [3.8, 4) is 0 Å². The van der Waals surface area contributed by atoms with E-state index < -0.39 is 15.9 Å². The first-order valence-corrected chi connectivity index (χ1v) is 10.4. The van der Waals surface area contributed by atoms with Gasteiger partial charge < -0.3 is 14.8 Å². The van der Waals surface area contributed by atoms with Crippen LogP contribution in [0.5, 0.6) is 0 Å². The summed E-state index contributed by atoms with van der Waals surface area (Å²) in [7, 11) is -3.06. The molecule has 1 saturated carbocycles. The number of hydrogen-bond donors (Lipinski definition) is 1. The molecule has 1 fully saturated rings. The van der Waals surface area contributed by atoms with E-state index in [0.717, 1.165) is 12.8 Å². The second-order valence-corrected chi connectivity index (χ2v) is 8.90. The molecule has 1 aliphatic carbocycles. The van der Waals surface area contributed by atoms with Crippen LogP contribution in [0.15, 0.2) is 29.0 Å². The molecule has 0 spiro atoms. The highest BCUT2D eigenvalue weighted by atomic mass is 32.2. The third-order valence-corrected chi connectivity index (χ3v) is 5.61. The smallest absolute Gasteiger partial charge is 0.243 e. The maximum Gasteiger partial charge on any atom is 0.243 e. The Bertz CT molecular complexity index is 748. The van der Waals surface area contributed by atoms with Gasteiger partial charge in [-0.15, -0.1) is 0 Å². The van der Waals surface area contributed by atoms with Gasteiger partial charge in [-0.1, -0.05) is 18.0 Å². The third-order valence-electron chi connectivity index (χ3n) is 4.63. The zero-order valence-corrected chi connectivity index (χ0v) is 14.7. The predicted octanol–water partition coefficient (Wildman–Crippen LogP) is 2.09. The molecule has 0 unspecified atom stereocenters. The highest BCUT2D eigenvalue weighted by molar-refractivity contribution is 7.90. The van der Waals surface area contributed by atoms with Crippen LogP contribution < -0.4 is 5.73 Å². The minimum atomic E-state index is -3.06. The van der Waals surface area contributed by atoms with E-state index in [9.17, 15) is 8.42 Å². The van der Waals surface area contributed by atoms with E-state index in [1.54, 1.807) is 0 Å². The highest BCUT2D eigenvalue weighted by Gasteiger charge is 2.31. The Labute approximate surface area is 142 Å². The lowest BCUT2D eigenvalue weighted by molar-refractivity contribution is 0.325. The molecule has 0 aliphatic heterocycles. The Kier molecular flexibility index (Phi) is 5.05. The molecular weight excluding hydrogens is 328 g/mol. The zero-order chi connectivity index (χ0) is 17.2. The van der Waals surface area contributed by atoms with E-state index in [1.165, 1.54) is 19.1 Å². The molecule has 8 heteroatoms. The molecule has 0 bridgehead atoms. The largest absolute Gasteiger partial charge is 0.343 e. The van der Waals surface area contributed by atoms with Gasteiger partial charge >= 0.3 is 0 Å². The molecule has 2 heterocycles. The van der Waals surface area contributed by atoms with Gasteiger partial charge in [0.25, 0.3) is 0 Å². The quantitative estimate of drug-likeness (QED) is 0.818. The number of rotatable bonds is 7. The highest BCUT2D eigenvalue weighted by Crippen LogP contribution is 2.37. The Morgan fingerprint density at radius 3 is 2.62 bits per heavy atom. The molecule has 2 aromatic rings. The van der Waals surface area contributed by atoms with Gasteiger partial charge in [0.15, 0.2) is 5.82 Å². The van der Waals surface area contributed by atoms with Crippen LogP contribution in [0.2, 0.25) is 0 Å². The molecule has 7 nitrogen and oxygen atoms in total. The van der Waals surface area contributed by atoms with Crippen LogP contribution in [0.1, 0.15) is 55.9 Å². The summed E-state index contributed by atoms with van der Waals surface area (Å²) in [4.78, 5) is 4.49. The summed E-state index contributed by atoms with van der Waals surface area (Å²) in [5.41, 5.74) is 6.02. The van der Waals surface area contributed by atoms with Crippen LogP contribution in [0.25, 0.3) is 0 Å². The second kappa shape index (κ2) is 7.06. The summed E-state index contributed by atoms with van der Waals surface area (Å²) in [6, 6.07) is 3.46. The lowest BCUT2D eigenvalue weighted by Gasteiger charge is -2.22. The molecule has 2 atom stereocenters. The van der Waals surface area contributed by atoms with Crippen molar-refractivity contribution in [3.05, 3.63) is 36.2 Å². The molecule has 3 rings (SSSR count). The molecule has 24 heavy (non-hydrogen) atoms. The monoisotopic (exact) mass is 352 g/mol. The molecule has 0 saturated heterocycles. The van der Waals surface area contributed by atoms with Gasteiger partial charge in [0.2, 0.25) is 5.89 Å². The molecule has 0 amide bonds. The lowest BCUT2D eigenvalue weighted by atomic mass is 9.97. The maximum atomic E-state index is 11.3. The van der Waals surface area contributed by atoms with Crippen molar-refractivity contribution in [2.75, 3.05) is 12.0 Å². The molecular formula is C16H24N4O3S. The third kappa shape index (κ3) is 4.05. The Hall–Kier alpha value is -1.67. The number of nitrogens with two attached hydrogens (primary N) is 1. The van der Waals surface area contributed by atoms with E-state index in [1.807, 2.05) is 24.5 Å². The van der Waals surface area contributed by atoms with Crippen molar-refractivity contribution >= 4 is 9.84 Å². The van der Waals surface area contributed by atoms with Crippen LogP contribution in [0.4, 0.5) is 0 Å². The SMILES string of the molecule is CS(=O)(=O)CC[C@@H](N)c1nc([C@H](C2CCCC2)n2cccc2)no1. The van der Waals surface area contributed by atoms with Crippen LogP contribution in [0, 0.1) is 5.92 Å². The summed E-state index contributed by atoms with van der Waals surface area (Å²) < 4.78 is 30.0. The summed E-state index contributed by atoms with van der Waals surface area (Å²) in [6.07, 6.45) is 10.2. The van der Waals surface area contributed by atoms with Crippen LogP contribution in [0.3, 0.4) is 0 Å². The predicted molar refractivity (Wildman–Crippen MR) is 90.1 cm³/mol. The fourth-order valence-corrected chi connectivity index (χ4v) is 4.06. The molecule has 0 radical (unpaired) electrons. The van der Waals surface area contributed by atoms with E-state index >= 15 is 0 Å². The average molecular weight is 352 g/mol. The first-order chi connectivity index (χ1) is 11.4. The molecule has 2 N–H and O–H groups in total. The number of sulfone groups is 1. The van der Waals surface area contributed by atoms with Gasteiger partial charge in [-0.05, 0) is 37.3 Å². The Morgan fingerprint density at radius 1 is 1.33 bits per heavy atom. The van der Waals surface area contributed by atoms with Gasteiger partial charge in [0.05, 0.1) is 17.8 Å². The van der Waals surface area contributed by atoms with Crippen molar-refractivity contribution in [3.63, 3.8) is 0 Å². The van der Waals surface area contributed by atoms with E-state index in [0.29, 0.717) is 17.6 Å². The van der Waals surface area contributed by atoms with Crippen LogP contribution in [-0.2, 0) is 9.84 Å². The van der Waals surface area contributed by atoms with Gasteiger partial charge in [-0.25, -0.2) is 8.42 Å². The van der Waals surface area contributed by atoms with Crippen molar-refractivity contribution in [1.82, 2.24) is 14.7 Å². The lowest BCUT2D eigenvalue weighted by Crippen LogP contribution is -2.20. The molecule has 1 aliphatic rings. The van der Waals surface area contributed by atoms with Gasteiger partial charge in [-0.3, -0.25) is 0 Å². The second-order valence-electron chi connectivity index (χ2n) is 6.64.